The van der Waals surface area contributed by atoms with E-state index in [-0.39, 0.29) is 11.6 Å². The van der Waals surface area contributed by atoms with Crippen molar-refractivity contribution in [3.8, 4) is 11.8 Å². The van der Waals surface area contributed by atoms with Crippen molar-refractivity contribution >= 4 is 11.8 Å². The number of anilines is 1. The highest BCUT2D eigenvalue weighted by Gasteiger charge is 2.16. The quantitative estimate of drug-likeness (QED) is 0.287. The summed E-state index contributed by atoms with van der Waals surface area (Å²) in [5, 5.41) is 20.6. The number of benzene rings is 2. The number of guanidine groups is 1. The zero-order valence-corrected chi connectivity index (χ0v) is 18.4. The molecule has 2 aromatic carbocycles. The molecule has 0 saturated carbocycles. The van der Waals surface area contributed by atoms with Crippen LogP contribution in [0, 0.1) is 24.1 Å². The minimum Gasteiger partial charge on any atom is -0.382 e. The summed E-state index contributed by atoms with van der Waals surface area (Å²) in [6.07, 6.45) is 1.31. The lowest BCUT2D eigenvalue weighted by atomic mass is 10.1. The van der Waals surface area contributed by atoms with Crippen molar-refractivity contribution in [1.29, 1.82) is 5.26 Å². The smallest absolute Gasteiger partial charge is 0.191 e. The number of hydrogen-bond donors (Lipinski definition) is 3. The Hall–Kier alpha value is -3.86. The molecule has 7 nitrogen and oxygen atoms in total. The van der Waals surface area contributed by atoms with Gasteiger partial charge in [-0.15, -0.1) is 0 Å². The molecule has 0 saturated heterocycles. The van der Waals surface area contributed by atoms with Crippen LogP contribution in [0.1, 0.15) is 35.7 Å². The Balaban J connectivity index is 1.60. The molecule has 3 aromatic rings. The number of nitrogen functional groups attached to an aromatic ring is 1. The van der Waals surface area contributed by atoms with Crippen LogP contribution in [0.4, 0.5) is 10.2 Å². The van der Waals surface area contributed by atoms with E-state index in [4.69, 9.17) is 5.73 Å². The number of aryl methyl sites for hydroxylation is 2. The van der Waals surface area contributed by atoms with Crippen LogP contribution in [-0.4, -0.2) is 28.8 Å². The maximum Gasteiger partial charge on any atom is 0.191 e. The van der Waals surface area contributed by atoms with Crippen molar-refractivity contribution < 1.29 is 4.39 Å². The van der Waals surface area contributed by atoms with Crippen LogP contribution in [0.25, 0.3) is 5.69 Å². The first-order valence-electron chi connectivity index (χ1n) is 10.6. The van der Waals surface area contributed by atoms with Gasteiger partial charge in [-0.25, -0.2) is 14.1 Å². The van der Waals surface area contributed by atoms with E-state index in [9.17, 15) is 9.65 Å². The Morgan fingerprint density at radius 3 is 2.53 bits per heavy atom. The van der Waals surface area contributed by atoms with Gasteiger partial charge < -0.3 is 16.4 Å². The van der Waals surface area contributed by atoms with Gasteiger partial charge in [0.1, 0.15) is 23.3 Å². The molecule has 4 N–H and O–H groups in total. The van der Waals surface area contributed by atoms with E-state index < -0.39 is 0 Å². The molecule has 0 bridgehead atoms. The molecule has 0 amide bonds. The van der Waals surface area contributed by atoms with Gasteiger partial charge in [-0.2, -0.15) is 10.4 Å². The second-order valence-electron chi connectivity index (χ2n) is 7.42. The van der Waals surface area contributed by atoms with Gasteiger partial charge in [0.25, 0.3) is 0 Å². The van der Waals surface area contributed by atoms with Gasteiger partial charge >= 0.3 is 0 Å². The molecular formula is C24H28FN7. The molecule has 0 atom stereocenters. The number of nitrogens with zero attached hydrogens (tertiary/aromatic N) is 4. The first-order valence-corrected chi connectivity index (χ1v) is 10.6. The van der Waals surface area contributed by atoms with Gasteiger partial charge in [0.15, 0.2) is 5.96 Å². The zero-order valence-electron chi connectivity index (χ0n) is 18.4. The van der Waals surface area contributed by atoms with Crippen molar-refractivity contribution in [2.45, 2.75) is 33.2 Å². The topological polar surface area (TPSA) is 104 Å². The normalized spacial score (nSPS) is 11.2. The third-order valence-electron chi connectivity index (χ3n) is 4.94. The molecule has 0 aliphatic heterocycles. The molecule has 0 aliphatic rings. The van der Waals surface area contributed by atoms with Crippen LogP contribution in [0.5, 0.6) is 0 Å². The highest BCUT2D eigenvalue weighted by molar-refractivity contribution is 5.79. The maximum atomic E-state index is 13.2. The molecule has 0 unspecified atom stereocenters. The Kier molecular flexibility index (Phi) is 7.81. The number of halogens is 1. The second kappa shape index (κ2) is 11.0. The Labute approximate surface area is 187 Å². The van der Waals surface area contributed by atoms with E-state index in [0.29, 0.717) is 36.5 Å². The summed E-state index contributed by atoms with van der Waals surface area (Å²) in [5.41, 5.74) is 10.1. The van der Waals surface area contributed by atoms with Crippen LogP contribution >= 0.6 is 0 Å². The fraction of sp³-hybridized carbons (Fsp3) is 0.292. The third kappa shape index (κ3) is 5.85. The Morgan fingerprint density at radius 1 is 1.16 bits per heavy atom. The lowest BCUT2D eigenvalue weighted by Crippen LogP contribution is -2.37. The van der Waals surface area contributed by atoms with Gasteiger partial charge in [0.2, 0.25) is 0 Å². The standard InChI is InChI=1S/C24H28FN7/c1-3-28-24(30-16-18-8-6-17(2)7-9-18)29-14-4-5-22-21(15-26)23(27)32(31-22)20-12-10-19(25)11-13-20/h6-13H,3-5,14,16,27H2,1-2H3,(H2,28,29,30). The molecule has 1 heterocycles. The average Bonchev–Trinajstić information content (AvgIpc) is 3.11. The summed E-state index contributed by atoms with van der Waals surface area (Å²) < 4.78 is 14.7. The predicted octanol–water partition coefficient (Wildman–Crippen LogP) is 3.46. The lowest BCUT2D eigenvalue weighted by Gasteiger charge is -2.11. The van der Waals surface area contributed by atoms with Crippen LogP contribution in [-0.2, 0) is 13.0 Å². The highest BCUT2D eigenvalue weighted by Crippen LogP contribution is 2.21. The number of nitrogens with two attached hydrogens (primary N) is 1. The minimum atomic E-state index is -0.341. The van der Waals surface area contributed by atoms with Crippen molar-refractivity contribution in [2.75, 3.05) is 18.8 Å². The monoisotopic (exact) mass is 433 g/mol. The molecule has 3 rings (SSSR count). The van der Waals surface area contributed by atoms with Crippen LogP contribution in [0.15, 0.2) is 53.5 Å². The molecule has 0 aliphatic carbocycles. The summed E-state index contributed by atoms with van der Waals surface area (Å²) in [6, 6.07) is 16.3. The third-order valence-corrected chi connectivity index (χ3v) is 4.94. The molecule has 0 fully saturated rings. The summed E-state index contributed by atoms with van der Waals surface area (Å²) in [5.74, 6) is 0.659. The maximum absolute atomic E-state index is 13.2. The molecule has 0 radical (unpaired) electrons. The molecule has 1 aromatic heterocycles. The second-order valence-corrected chi connectivity index (χ2v) is 7.42. The molecule has 0 spiro atoms. The largest absolute Gasteiger partial charge is 0.382 e. The van der Waals surface area contributed by atoms with Crippen LogP contribution in [0.2, 0.25) is 0 Å². The average molecular weight is 434 g/mol. The lowest BCUT2D eigenvalue weighted by molar-refractivity contribution is 0.627. The fourth-order valence-electron chi connectivity index (χ4n) is 3.22. The van der Waals surface area contributed by atoms with Gasteiger partial charge in [-0.1, -0.05) is 29.8 Å². The van der Waals surface area contributed by atoms with Crippen molar-refractivity contribution in [3.05, 3.63) is 76.7 Å². The number of nitriles is 1. The molecule has 166 valence electrons. The summed E-state index contributed by atoms with van der Waals surface area (Å²) in [4.78, 5) is 4.63. The van der Waals surface area contributed by atoms with Gasteiger partial charge in [0, 0.05) is 13.1 Å². The van der Waals surface area contributed by atoms with E-state index in [1.807, 2.05) is 6.92 Å². The Bertz CT molecular complexity index is 1090. The number of nitrogens with one attached hydrogen (secondary N) is 2. The van der Waals surface area contributed by atoms with Crippen molar-refractivity contribution in [1.82, 2.24) is 20.4 Å². The van der Waals surface area contributed by atoms with Gasteiger partial charge in [0.05, 0.1) is 17.9 Å². The van der Waals surface area contributed by atoms with Crippen molar-refractivity contribution in [2.24, 2.45) is 4.99 Å². The van der Waals surface area contributed by atoms with E-state index in [1.54, 1.807) is 12.1 Å². The number of aromatic nitrogens is 2. The minimum absolute atomic E-state index is 0.259. The van der Waals surface area contributed by atoms with Crippen LogP contribution in [0.3, 0.4) is 0 Å². The van der Waals surface area contributed by atoms with E-state index >= 15 is 0 Å². The van der Waals surface area contributed by atoms with E-state index in [1.165, 1.54) is 22.4 Å². The summed E-state index contributed by atoms with van der Waals surface area (Å²) >= 11 is 0. The number of aliphatic imine (C=N–C) groups is 1. The fourth-order valence-corrected chi connectivity index (χ4v) is 3.22. The highest BCUT2D eigenvalue weighted by atomic mass is 19.1. The van der Waals surface area contributed by atoms with Crippen LogP contribution < -0.4 is 16.4 Å². The number of rotatable bonds is 8. The molecular weight excluding hydrogens is 405 g/mol. The summed E-state index contributed by atoms with van der Waals surface area (Å²) in [7, 11) is 0. The van der Waals surface area contributed by atoms with Crippen molar-refractivity contribution in [3.63, 3.8) is 0 Å². The van der Waals surface area contributed by atoms with Gasteiger partial charge in [-0.3, -0.25) is 0 Å². The zero-order chi connectivity index (χ0) is 22.9. The molecule has 8 heteroatoms. The van der Waals surface area contributed by atoms with E-state index in [0.717, 1.165) is 24.5 Å². The molecule has 32 heavy (non-hydrogen) atoms. The first-order chi connectivity index (χ1) is 15.5. The first kappa shape index (κ1) is 22.8. The SMILES string of the molecule is CCNC(=NCc1ccc(C)cc1)NCCCc1nn(-c2ccc(F)cc2)c(N)c1C#N. The summed E-state index contributed by atoms with van der Waals surface area (Å²) in [6.45, 7) is 6.09. The van der Waals surface area contributed by atoms with E-state index in [2.05, 4.69) is 58.0 Å². The Morgan fingerprint density at radius 2 is 1.88 bits per heavy atom. The number of hydrogen-bond acceptors (Lipinski definition) is 4. The van der Waals surface area contributed by atoms with Gasteiger partial charge in [-0.05, 0) is 56.5 Å². The predicted molar refractivity (Wildman–Crippen MR) is 125 cm³/mol.